The van der Waals surface area contributed by atoms with Gasteiger partial charge in [0.05, 0.1) is 6.54 Å². The normalized spacial score (nSPS) is 24.5. The number of rotatable bonds is 4. The van der Waals surface area contributed by atoms with E-state index in [-0.39, 0.29) is 5.91 Å². The highest BCUT2D eigenvalue weighted by Crippen LogP contribution is 2.21. The number of hydrogen-bond donors (Lipinski definition) is 1. The first-order chi connectivity index (χ1) is 12.4. The topological polar surface area (TPSA) is 69.9 Å². The summed E-state index contributed by atoms with van der Waals surface area (Å²) in [5.74, 6) is 1.06. The number of carbonyl (C=O) groups excluding carboxylic acids is 2. The molecule has 0 aromatic heterocycles. The van der Waals surface area contributed by atoms with Crippen LogP contribution in [0.1, 0.15) is 30.6 Å². The number of nitrogens with two attached hydrogens (primary N) is 1. The van der Waals surface area contributed by atoms with Crippen LogP contribution in [0, 0.1) is 11.8 Å². The third-order valence-electron chi connectivity index (χ3n) is 5.47. The summed E-state index contributed by atoms with van der Waals surface area (Å²) in [4.78, 5) is 30.4. The van der Waals surface area contributed by atoms with Crippen molar-refractivity contribution in [3.05, 3.63) is 29.8 Å². The maximum absolute atomic E-state index is 12.6. The summed E-state index contributed by atoms with van der Waals surface area (Å²) in [6.45, 7) is 10.3. The van der Waals surface area contributed by atoms with Gasteiger partial charge in [-0.2, -0.15) is 0 Å². The molecule has 2 aliphatic heterocycles. The molecule has 26 heavy (non-hydrogen) atoms. The van der Waals surface area contributed by atoms with Gasteiger partial charge in [0.1, 0.15) is 0 Å². The summed E-state index contributed by atoms with van der Waals surface area (Å²) in [6.07, 6.45) is 1.22. The average molecular weight is 358 g/mol. The maximum atomic E-state index is 12.6. The molecule has 1 aromatic carbocycles. The van der Waals surface area contributed by atoms with Crippen molar-refractivity contribution >= 4 is 17.5 Å². The van der Waals surface area contributed by atoms with Gasteiger partial charge in [-0.05, 0) is 42.5 Å². The molecule has 2 N–H and O–H groups in total. The molecule has 0 bridgehead atoms. The van der Waals surface area contributed by atoms with Crippen LogP contribution in [0.5, 0.6) is 0 Å². The summed E-state index contributed by atoms with van der Waals surface area (Å²) in [6, 6.07) is 7.42. The first kappa shape index (κ1) is 18.7. The molecule has 2 unspecified atom stereocenters. The van der Waals surface area contributed by atoms with E-state index in [0.717, 1.165) is 45.0 Å². The van der Waals surface area contributed by atoms with E-state index in [1.807, 2.05) is 17.0 Å². The maximum Gasteiger partial charge on any atom is 0.248 e. The fourth-order valence-electron chi connectivity index (χ4n) is 4.16. The minimum atomic E-state index is -0.402. The predicted octanol–water partition coefficient (Wildman–Crippen LogP) is 1.41. The van der Waals surface area contributed by atoms with Crippen molar-refractivity contribution in [3.63, 3.8) is 0 Å². The van der Waals surface area contributed by atoms with E-state index in [4.69, 9.17) is 5.73 Å². The van der Waals surface area contributed by atoms with E-state index in [2.05, 4.69) is 23.6 Å². The van der Waals surface area contributed by atoms with Crippen molar-refractivity contribution in [2.75, 3.05) is 50.7 Å². The molecule has 2 heterocycles. The van der Waals surface area contributed by atoms with Crippen LogP contribution in [0.4, 0.5) is 5.69 Å². The van der Waals surface area contributed by atoms with Gasteiger partial charge in [-0.25, -0.2) is 0 Å². The number of piperazine rings is 1. The Morgan fingerprint density at radius 2 is 1.58 bits per heavy atom. The van der Waals surface area contributed by atoms with Gasteiger partial charge in [0.2, 0.25) is 11.8 Å². The Labute approximate surface area is 155 Å². The van der Waals surface area contributed by atoms with Crippen LogP contribution in [0.3, 0.4) is 0 Å². The van der Waals surface area contributed by atoms with E-state index in [1.54, 1.807) is 12.1 Å². The molecule has 2 fully saturated rings. The fourth-order valence-corrected chi connectivity index (χ4v) is 4.16. The Hall–Kier alpha value is -2.08. The van der Waals surface area contributed by atoms with Gasteiger partial charge < -0.3 is 15.5 Å². The standard InChI is InChI=1S/C20H30N4O2/c1-15-11-16(2)13-24(12-15)19(25)14-22-7-9-23(10-8-22)18-5-3-17(4-6-18)20(21)26/h3-6,15-16H,7-14H2,1-2H3,(H2,21,26). The number of piperidine rings is 1. The van der Waals surface area contributed by atoms with Crippen LogP contribution in [-0.2, 0) is 4.79 Å². The number of benzene rings is 1. The summed E-state index contributed by atoms with van der Waals surface area (Å²) < 4.78 is 0. The largest absolute Gasteiger partial charge is 0.369 e. The van der Waals surface area contributed by atoms with Crippen LogP contribution in [-0.4, -0.2) is 67.4 Å². The molecule has 6 nitrogen and oxygen atoms in total. The van der Waals surface area contributed by atoms with Crippen molar-refractivity contribution in [1.29, 1.82) is 0 Å². The molecule has 0 radical (unpaired) electrons. The van der Waals surface area contributed by atoms with Crippen LogP contribution < -0.4 is 10.6 Å². The van der Waals surface area contributed by atoms with Crippen molar-refractivity contribution in [3.8, 4) is 0 Å². The summed E-state index contributed by atoms with van der Waals surface area (Å²) in [7, 11) is 0. The molecule has 1 aromatic rings. The molecule has 0 saturated carbocycles. The highest BCUT2D eigenvalue weighted by Gasteiger charge is 2.27. The van der Waals surface area contributed by atoms with E-state index < -0.39 is 5.91 Å². The Morgan fingerprint density at radius 3 is 2.12 bits per heavy atom. The van der Waals surface area contributed by atoms with Gasteiger partial charge in [-0.3, -0.25) is 14.5 Å². The van der Waals surface area contributed by atoms with Gasteiger partial charge >= 0.3 is 0 Å². The average Bonchev–Trinajstić information content (AvgIpc) is 2.61. The molecule has 2 atom stereocenters. The lowest BCUT2D eigenvalue weighted by Gasteiger charge is -2.39. The zero-order chi connectivity index (χ0) is 18.7. The van der Waals surface area contributed by atoms with E-state index in [0.29, 0.717) is 23.9 Å². The molecule has 3 rings (SSSR count). The smallest absolute Gasteiger partial charge is 0.248 e. The van der Waals surface area contributed by atoms with Crippen LogP contribution in [0.15, 0.2) is 24.3 Å². The minimum absolute atomic E-state index is 0.266. The van der Waals surface area contributed by atoms with E-state index in [1.165, 1.54) is 6.42 Å². The fraction of sp³-hybridized carbons (Fsp3) is 0.600. The number of carbonyl (C=O) groups is 2. The molecule has 0 spiro atoms. The summed E-state index contributed by atoms with van der Waals surface area (Å²) in [5.41, 5.74) is 6.92. The Kier molecular flexibility index (Phi) is 5.81. The third-order valence-corrected chi connectivity index (χ3v) is 5.47. The van der Waals surface area contributed by atoms with Gasteiger partial charge in [0, 0.05) is 50.5 Å². The number of anilines is 1. The Morgan fingerprint density at radius 1 is 1.00 bits per heavy atom. The highest BCUT2D eigenvalue weighted by atomic mass is 16.2. The van der Waals surface area contributed by atoms with E-state index >= 15 is 0 Å². The van der Waals surface area contributed by atoms with Gasteiger partial charge in [0.25, 0.3) is 0 Å². The number of primary amides is 1. The monoisotopic (exact) mass is 358 g/mol. The number of hydrogen-bond acceptors (Lipinski definition) is 4. The van der Waals surface area contributed by atoms with Gasteiger partial charge in [0.15, 0.2) is 0 Å². The molecule has 0 aliphatic carbocycles. The first-order valence-corrected chi connectivity index (χ1v) is 9.57. The lowest BCUT2D eigenvalue weighted by atomic mass is 9.92. The zero-order valence-corrected chi connectivity index (χ0v) is 15.9. The molecule has 2 amide bonds. The second-order valence-corrected chi connectivity index (χ2v) is 7.92. The second kappa shape index (κ2) is 8.08. The summed E-state index contributed by atoms with van der Waals surface area (Å²) >= 11 is 0. The lowest BCUT2D eigenvalue weighted by Crippen LogP contribution is -2.52. The third kappa shape index (κ3) is 4.55. The number of amides is 2. The van der Waals surface area contributed by atoms with Crippen molar-refractivity contribution in [1.82, 2.24) is 9.80 Å². The van der Waals surface area contributed by atoms with Crippen LogP contribution in [0.25, 0.3) is 0 Å². The number of nitrogens with zero attached hydrogens (tertiary/aromatic N) is 3. The highest BCUT2D eigenvalue weighted by molar-refractivity contribution is 5.93. The Bertz CT molecular complexity index is 628. The first-order valence-electron chi connectivity index (χ1n) is 9.57. The summed E-state index contributed by atoms with van der Waals surface area (Å²) in [5, 5.41) is 0. The van der Waals surface area contributed by atoms with Crippen molar-refractivity contribution in [2.24, 2.45) is 17.6 Å². The molecular formula is C20H30N4O2. The van der Waals surface area contributed by atoms with Crippen LogP contribution in [0.2, 0.25) is 0 Å². The quantitative estimate of drug-likeness (QED) is 0.884. The van der Waals surface area contributed by atoms with Crippen molar-refractivity contribution in [2.45, 2.75) is 20.3 Å². The SMILES string of the molecule is CC1CC(C)CN(C(=O)CN2CCN(c3ccc(C(N)=O)cc3)CC2)C1. The molecule has 2 saturated heterocycles. The van der Waals surface area contributed by atoms with E-state index in [9.17, 15) is 9.59 Å². The van der Waals surface area contributed by atoms with Gasteiger partial charge in [-0.1, -0.05) is 13.8 Å². The molecular weight excluding hydrogens is 328 g/mol. The molecule has 6 heteroatoms. The molecule has 2 aliphatic rings. The predicted molar refractivity (Wildman–Crippen MR) is 103 cm³/mol. The van der Waals surface area contributed by atoms with Gasteiger partial charge in [-0.15, -0.1) is 0 Å². The lowest BCUT2D eigenvalue weighted by molar-refractivity contribution is -0.135. The number of likely N-dealkylation sites (tertiary alicyclic amines) is 1. The minimum Gasteiger partial charge on any atom is -0.369 e. The zero-order valence-electron chi connectivity index (χ0n) is 15.9. The second-order valence-electron chi connectivity index (χ2n) is 7.92. The van der Waals surface area contributed by atoms with Crippen molar-refractivity contribution < 1.29 is 9.59 Å². The molecule has 142 valence electrons. The Balaban J connectivity index is 1.49. The van der Waals surface area contributed by atoms with Crippen LogP contribution >= 0.6 is 0 Å².